The number of carbonyl (C=O) groups excluding carboxylic acids is 1. The van der Waals surface area contributed by atoms with E-state index in [1.165, 1.54) is 6.07 Å². The molecule has 0 aliphatic carbocycles. The number of halogens is 2. The Morgan fingerprint density at radius 1 is 1.61 bits per heavy atom. The SMILES string of the molecule is CC1CN(C(CNC(=O)C(C)N)c2c(F)cccc2Cl)CCO1. The van der Waals surface area contributed by atoms with Crippen molar-refractivity contribution in [2.75, 3.05) is 26.2 Å². The maximum atomic E-state index is 14.4. The molecule has 0 saturated carbocycles. The van der Waals surface area contributed by atoms with Crippen molar-refractivity contribution in [3.05, 3.63) is 34.6 Å². The predicted molar refractivity (Wildman–Crippen MR) is 87.8 cm³/mol. The van der Waals surface area contributed by atoms with Gasteiger partial charge in [0.15, 0.2) is 0 Å². The molecule has 7 heteroatoms. The van der Waals surface area contributed by atoms with E-state index in [0.717, 1.165) is 0 Å². The summed E-state index contributed by atoms with van der Waals surface area (Å²) in [6.07, 6.45) is 0.0425. The van der Waals surface area contributed by atoms with Crippen LogP contribution in [-0.4, -0.2) is 49.2 Å². The zero-order valence-corrected chi connectivity index (χ0v) is 14.1. The molecule has 0 bridgehead atoms. The summed E-state index contributed by atoms with van der Waals surface area (Å²) in [6.45, 7) is 5.67. The number of nitrogens with one attached hydrogen (secondary N) is 1. The maximum Gasteiger partial charge on any atom is 0.236 e. The van der Waals surface area contributed by atoms with Gasteiger partial charge in [-0.1, -0.05) is 17.7 Å². The topological polar surface area (TPSA) is 67.6 Å². The van der Waals surface area contributed by atoms with Crippen LogP contribution in [-0.2, 0) is 9.53 Å². The highest BCUT2D eigenvalue weighted by Crippen LogP contribution is 2.31. The molecule has 0 spiro atoms. The fourth-order valence-electron chi connectivity index (χ4n) is 2.73. The van der Waals surface area contributed by atoms with Crippen molar-refractivity contribution < 1.29 is 13.9 Å². The van der Waals surface area contributed by atoms with E-state index < -0.39 is 6.04 Å². The van der Waals surface area contributed by atoms with E-state index in [1.807, 2.05) is 6.92 Å². The number of rotatable bonds is 5. The highest BCUT2D eigenvalue weighted by Gasteiger charge is 2.29. The maximum absolute atomic E-state index is 14.4. The number of amides is 1. The lowest BCUT2D eigenvalue weighted by atomic mass is 10.0. The highest BCUT2D eigenvalue weighted by molar-refractivity contribution is 6.31. The van der Waals surface area contributed by atoms with Crippen LogP contribution >= 0.6 is 11.6 Å². The Morgan fingerprint density at radius 2 is 2.35 bits per heavy atom. The van der Waals surface area contributed by atoms with E-state index in [2.05, 4.69) is 10.2 Å². The lowest BCUT2D eigenvalue weighted by Gasteiger charge is -2.38. The summed E-state index contributed by atoms with van der Waals surface area (Å²) in [4.78, 5) is 13.9. The van der Waals surface area contributed by atoms with Gasteiger partial charge in [-0.25, -0.2) is 4.39 Å². The third-order valence-corrected chi connectivity index (χ3v) is 4.26. The Balaban J connectivity index is 2.25. The molecule has 1 amide bonds. The minimum atomic E-state index is -0.615. The van der Waals surface area contributed by atoms with Gasteiger partial charge in [-0.2, -0.15) is 0 Å². The van der Waals surface area contributed by atoms with Gasteiger partial charge in [0.2, 0.25) is 5.91 Å². The molecule has 1 heterocycles. The third-order valence-electron chi connectivity index (χ3n) is 3.93. The van der Waals surface area contributed by atoms with Gasteiger partial charge in [-0.05, 0) is 26.0 Å². The molecule has 5 nitrogen and oxygen atoms in total. The monoisotopic (exact) mass is 343 g/mol. The van der Waals surface area contributed by atoms with Crippen LogP contribution in [0.15, 0.2) is 18.2 Å². The molecular weight excluding hydrogens is 321 g/mol. The molecule has 0 aromatic heterocycles. The summed E-state index contributed by atoms with van der Waals surface area (Å²) in [5.74, 6) is -0.652. The number of nitrogens with two attached hydrogens (primary N) is 1. The van der Waals surface area contributed by atoms with E-state index >= 15 is 0 Å². The van der Waals surface area contributed by atoms with Crippen LogP contribution in [0.2, 0.25) is 5.02 Å². The normalized spacial score (nSPS) is 21.7. The quantitative estimate of drug-likeness (QED) is 0.854. The zero-order chi connectivity index (χ0) is 17.0. The van der Waals surface area contributed by atoms with Crippen molar-refractivity contribution in [1.82, 2.24) is 10.2 Å². The van der Waals surface area contributed by atoms with Gasteiger partial charge in [-0.3, -0.25) is 9.69 Å². The number of nitrogens with zero attached hydrogens (tertiary/aromatic N) is 1. The smallest absolute Gasteiger partial charge is 0.236 e. The van der Waals surface area contributed by atoms with Crippen LogP contribution in [0.5, 0.6) is 0 Å². The zero-order valence-electron chi connectivity index (χ0n) is 13.4. The average Bonchev–Trinajstić information content (AvgIpc) is 2.49. The molecule has 3 unspecified atom stereocenters. The lowest BCUT2D eigenvalue weighted by Crippen LogP contribution is -2.48. The Hall–Kier alpha value is -1.21. The predicted octanol–water partition coefficient (Wildman–Crippen LogP) is 1.70. The molecule has 0 radical (unpaired) electrons. The van der Waals surface area contributed by atoms with E-state index in [9.17, 15) is 9.18 Å². The Labute approximate surface area is 140 Å². The van der Waals surface area contributed by atoms with Crippen molar-refractivity contribution in [1.29, 1.82) is 0 Å². The summed E-state index contributed by atoms with van der Waals surface area (Å²) >= 11 is 6.22. The molecule has 1 aromatic rings. The highest BCUT2D eigenvalue weighted by atomic mass is 35.5. The second kappa shape index (κ2) is 8.06. The van der Waals surface area contributed by atoms with E-state index in [1.54, 1.807) is 19.1 Å². The van der Waals surface area contributed by atoms with Crippen molar-refractivity contribution in [2.45, 2.75) is 32.0 Å². The first-order valence-corrected chi connectivity index (χ1v) is 8.10. The molecular formula is C16H23ClFN3O2. The first-order valence-electron chi connectivity index (χ1n) is 7.73. The Morgan fingerprint density at radius 3 is 2.96 bits per heavy atom. The summed E-state index contributed by atoms with van der Waals surface area (Å²) < 4.78 is 19.9. The molecule has 1 saturated heterocycles. The molecule has 1 aliphatic heterocycles. The van der Waals surface area contributed by atoms with Crippen LogP contribution in [0, 0.1) is 5.82 Å². The van der Waals surface area contributed by atoms with Crippen molar-refractivity contribution in [3.8, 4) is 0 Å². The summed E-state index contributed by atoms with van der Waals surface area (Å²) in [5, 5.41) is 3.13. The van der Waals surface area contributed by atoms with Crippen LogP contribution in [0.25, 0.3) is 0 Å². The standard InChI is InChI=1S/C16H23ClFN3O2/c1-10-9-21(6-7-23-10)14(8-20-16(22)11(2)19)15-12(17)4-3-5-13(15)18/h3-5,10-11,14H,6-9,19H2,1-2H3,(H,20,22). The van der Waals surface area contributed by atoms with Gasteiger partial charge < -0.3 is 15.8 Å². The molecule has 1 fully saturated rings. The number of hydrogen-bond donors (Lipinski definition) is 2. The first kappa shape index (κ1) is 18.1. The van der Waals surface area contributed by atoms with Crippen LogP contribution in [0.4, 0.5) is 4.39 Å². The van der Waals surface area contributed by atoms with Crippen molar-refractivity contribution in [3.63, 3.8) is 0 Å². The van der Waals surface area contributed by atoms with E-state index in [-0.39, 0.29) is 30.4 Å². The van der Waals surface area contributed by atoms with Gasteiger partial charge in [0.1, 0.15) is 5.82 Å². The van der Waals surface area contributed by atoms with Gasteiger partial charge in [0.25, 0.3) is 0 Å². The summed E-state index contributed by atoms with van der Waals surface area (Å²) in [5.41, 5.74) is 5.97. The van der Waals surface area contributed by atoms with Crippen LogP contribution < -0.4 is 11.1 Å². The number of morpholine rings is 1. The Kier molecular flexibility index (Phi) is 6.35. The summed E-state index contributed by atoms with van der Waals surface area (Å²) in [7, 11) is 0. The van der Waals surface area contributed by atoms with Gasteiger partial charge in [0.05, 0.1) is 24.8 Å². The molecule has 3 atom stereocenters. The minimum absolute atomic E-state index is 0.0425. The fourth-order valence-corrected chi connectivity index (χ4v) is 3.02. The van der Waals surface area contributed by atoms with E-state index in [0.29, 0.717) is 30.3 Å². The van der Waals surface area contributed by atoms with E-state index in [4.69, 9.17) is 22.1 Å². The molecule has 128 valence electrons. The second-order valence-electron chi connectivity index (χ2n) is 5.86. The lowest BCUT2D eigenvalue weighted by molar-refractivity contribution is -0.122. The summed E-state index contributed by atoms with van der Waals surface area (Å²) in [6, 6.07) is 3.63. The molecule has 3 N–H and O–H groups in total. The second-order valence-corrected chi connectivity index (χ2v) is 6.27. The van der Waals surface area contributed by atoms with Gasteiger partial charge in [0, 0.05) is 30.2 Å². The Bertz CT molecular complexity index is 536. The third kappa shape index (κ3) is 4.64. The largest absolute Gasteiger partial charge is 0.376 e. The van der Waals surface area contributed by atoms with Crippen molar-refractivity contribution in [2.24, 2.45) is 5.73 Å². The van der Waals surface area contributed by atoms with Crippen LogP contribution in [0.1, 0.15) is 25.5 Å². The van der Waals surface area contributed by atoms with Crippen LogP contribution in [0.3, 0.4) is 0 Å². The van der Waals surface area contributed by atoms with Gasteiger partial charge in [-0.15, -0.1) is 0 Å². The minimum Gasteiger partial charge on any atom is -0.376 e. The number of benzene rings is 1. The molecule has 1 aromatic carbocycles. The average molecular weight is 344 g/mol. The molecule has 23 heavy (non-hydrogen) atoms. The number of carbonyl (C=O) groups is 1. The first-order chi connectivity index (χ1) is 10.9. The number of ether oxygens (including phenoxy) is 1. The molecule has 1 aliphatic rings. The number of hydrogen-bond acceptors (Lipinski definition) is 4. The molecule has 2 rings (SSSR count). The van der Waals surface area contributed by atoms with Crippen molar-refractivity contribution >= 4 is 17.5 Å². The van der Waals surface area contributed by atoms with Gasteiger partial charge >= 0.3 is 0 Å². The fraction of sp³-hybridized carbons (Fsp3) is 0.562.